The highest BCUT2D eigenvalue weighted by Crippen LogP contribution is 2.07. The van der Waals surface area contributed by atoms with E-state index in [2.05, 4.69) is 26.0 Å². The fraction of sp³-hybridized carbons (Fsp3) is 1.00. The molecule has 1 aliphatic rings. The summed E-state index contributed by atoms with van der Waals surface area (Å²) in [6.07, 6.45) is 2.81. The van der Waals surface area contributed by atoms with Crippen LogP contribution in [0.25, 0.3) is 0 Å². The maximum Gasteiger partial charge on any atom is 0.123 e. The Morgan fingerprint density at radius 3 is 2.14 bits per heavy atom. The Bertz CT molecular complexity index is 53.7. The zero-order valence-corrected chi connectivity index (χ0v) is 6.52. The zero-order chi connectivity index (χ0) is 5.11. The van der Waals surface area contributed by atoms with Crippen molar-refractivity contribution < 1.29 is 0 Å². The lowest BCUT2D eigenvalue weighted by Gasteiger charge is -2.17. The molecule has 0 amide bonds. The summed E-state index contributed by atoms with van der Waals surface area (Å²) >= 11 is 2.39. The van der Waals surface area contributed by atoms with E-state index in [1.807, 2.05) is 0 Å². The summed E-state index contributed by atoms with van der Waals surface area (Å²) in [4.78, 5) is 0. The maximum absolute atomic E-state index is 2.39. The van der Waals surface area contributed by atoms with Crippen molar-refractivity contribution in [2.24, 2.45) is 0 Å². The van der Waals surface area contributed by atoms with E-state index in [9.17, 15) is 0 Å². The largest absolute Gasteiger partial charge is 0.249 e. The second-order valence-electron chi connectivity index (χ2n) is 1.97. The lowest BCUT2D eigenvalue weighted by atomic mass is 9.69. The van der Waals surface area contributed by atoms with Gasteiger partial charge in [0, 0.05) is 36.0 Å². The minimum absolute atomic E-state index is 1.31. The van der Waals surface area contributed by atoms with Crippen molar-refractivity contribution in [3.05, 3.63) is 0 Å². The summed E-state index contributed by atoms with van der Waals surface area (Å²) < 4.78 is 2.36. The number of nitrogens with zero attached hydrogens (tertiary/aromatic N) is 1. The minimum atomic E-state index is 1.31. The topological polar surface area (TPSA) is 3.24 Å². The second kappa shape index (κ2) is 2.92. The van der Waals surface area contributed by atoms with Gasteiger partial charge in [-0.3, -0.25) is 0 Å². The molecule has 1 aliphatic heterocycles. The van der Waals surface area contributed by atoms with Gasteiger partial charge in [-0.15, -0.1) is 0 Å². The number of hydrogen-bond donors (Lipinski definition) is 0. The highest BCUT2D eigenvalue weighted by atomic mass is 127. The summed E-state index contributed by atoms with van der Waals surface area (Å²) in [7, 11) is 1.44. The van der Waals surface area contributed by atoms with E-state index in [4.69, 9.17) is 0 Å². The van der Waals surface area contributed by atoms with Gasteiger partial charge in [0.1, 0.15) is 7.28 Å². The third kappa shape index (κ3) is 1.99. The highest BCUT2D eigenvalue weighted by molar-refractivity contribution is 14.1. The number of hydrogen-bond acceptors (Lipinski definition) is 1. The Labute approximate surface area is 59.2 Å². The molecule has 3 heteroatoms. The van der Waals surface area contributed by atoms with Gasteiger partial charge in [-0.1, -0.05) is 12.6 Å². The van der Waals surface area contributed by atoms with Gasteiger partial charge >= 0.3 is 0 Å². The molecule has 0 spiro atoms. The van der Waals surface area contributed by atoms with Crippen LogP contribution in [0, 0.1) is 0 Å². The summed E-state index contributed by atoms with van der Waals surface area (Å²) in [6, 6.07) is 0. The molecule has 0 N–H and O–H groups in total. The van der Waals surface area contributed by atoms with Crippen LogP contribution in [0.1, 0.15) is 0 Å². The Morgan fingerprint density at radius 1 is 1.29 bits per heavy atom. The fourth-order valence-corrected chi connectivity index (χ4v) is 1.54. The van der Waals surface area contributed by atoms with E-state index in [-0.39, 0.29) is 0 Å². The van der Waals surface area contributed by atoms with Crippen LogP contribution < -0.4 is 0 Å². The smallest absolute Gasteiger partial charge is 0.123 e. The van der Waals surface area contributed by atoms with Gasteiger partial charge in [0.05, 0.1) is 0 Å². The number of halogens is 1. The Morgan fingerprint density at radius 2 is 1.86 bits per heavy atom. The fourth-order valence-electron chi connectivity index (χ4n) is 0.855. The molecule has 0 aromatic rings. The van der Waals surface area contributed by atoms with Crippen molar-refractivity contribution in [3.63, 3.8) is 0 Å². The number of rotatable bonds is 0. The molecule has 1 nitrogen and oxygen atoms in total. The minimum Gasteiger partial charge on any atom is -0.249 e. The predicted octanol–water partition coefficient (Wildman–Crippen LogP) is 0.925. The van der Waals surface area contributed by atoms with Crippen LogP contribution in [0.15, 0.2) is 0 Å². The molecule has 0 aromatic carbocycles. The standard InChI is InChI=1S/C4H9BIN/c6-7-3-1-5-2-4-7/h5H,1-4H2. The molecular weight excluding hydrogens is 200 g/mol. The van der Waals surface area contributed by atoms with Crippen molar-refractivity contribution in [2.45, 2.75) is 12.6 Å². The summed E-state index contributed by atoms with van der Waals surface area (Å²) in [5.74, 6) is 0. The molecule has 0 atom stereocenters. The van der Waals surface area contributed by atoms with Crippen LogP contribution in [0.2, 0.25) is 12.6 Å². The average Bonchev–Trinajstić information content (AvgIpc) is 1.69. The van der Waals surface area contributed by atoms with E-state index in [1.165, 1.54) is 33.0 Å². The van der Waals surface area contributed by atoms with Crippen molar-refractivity contribution >= 4 is 30.1 Å². The molecule has 1 heterocycles. The molecule has 1 saturated heterocycles. The molecule has 0 saturated carbocycles. The molecular formula is C4H9BIN. The van der Waals surface area contributed by atoms with Crippen molar-refractivity contribution in [1.29, 1.82) is 0 Å². The highest BCUT2D eigenvalue weighted by Gasteiger charge is 2.05. The maximum atomic E-state index is 2.39. The average molecular weight is 209 g/mol. The van der Waals surface area contributed by atoms with E-state index < -0.39 is 0 Å². The Kier molecular flexibility index (Phi) is 2.45. The first-order valence-corrected chi connectivity index (χ1v) is 3.77. The third-order valence-electron chi connectivity index (χ3n) is 1.30. The van der Waals surface area contributed by atoms with Gasteiger partial charge in [-0.25, -0.2) is 3.11 Å². The van der Waals surface area contributed by atoms with Gasteiger partial charge in [0.25, 0.3) is 0 Å². The molecule has 7 heavy (non-hydrogen) atoms. The zero-order valence-electron chi connectivity index (χ0n) is 4.36. The molecule has 1 fully saturated rings. The Hall–Kier alpha value is 0.755. The van der Waals surface area contributed by atoms with Crippen molar-refractivity contribution in [3.8, 4) is 0 Å². The first kappa shape index (κ1) is 5.88. The van der Waals surface area contributed by atoms with Crippen LogP contribution in [0.4, 0.5) is 0 Å². The van der Waals surface area contributed by atoms with Crippen LogP contribution in [-0.4, -0.2) is 23.5 Å². The molecule has 1 rings (SSSR count). The SMILES string of the molecule is IN1CCBCC1. The normalized spacial score (nSPS) is 24.1. The second-order valence-corrected chi connectivity index (χ2v) is 3.34. The van der Waals surface area contributed by atoms with E-state index in [1.54, 1.807) is 0 Å². The summed E-state index contributed by atoms with van der Waals surface area (Å²) in [6.45, 7) is 2.61. The van der Waals surface area contributed by atoms with Crippen LogP contribution in [0.3, 0.4) is 0 Å². The first-order valence-electron chi connectivity index (χ1n) is 2.80. The van der Waals surface area contributed by atoms with Gasteiger partial charge < -0.3 is 0 Å². The van der Waals surface area contributed by atoms with Gasteiger partial charge in [-0.2, -0.15) is 0 Å². The Balaban J connectivity index is 2.12. The van der Waals surface area contributed by atoms with Gasteiger partial charge in [-0.05, 0) is 0 Å². The monoisotopic (exact) mass is 209 g/mol. The van der Waals surface area contributed by atoms with Crippen LogP contribution in [-0.2, 0) is 0 Å². The third-order valence-corrected chi connectivity index (χ3v) is 2.27. The molecule has 0 bridgehead atoms. The molecule has 40 valence electrons. The van der Waals surface area contributed by atoms with Gasteiger partial charge in [0.2, 0.25) is 0 Å². The van der Waals surface area contributed by atoms with Gasteiger partial charge in [0.15, 0.2) is 0 Å². The van der Waals surface area contributed by atoms with Crippen LogP contribution in [0.5, 0.6) is 0 Å². The molecule has 0 aromatic heterocycles. The predicted molar refractivity (Wildman–Crippen MR) is 42.4 cm³/mol. The van der Waals surface area contributed by atoms with Crippen LogP contribution >= 0.6 is 22.9 Å². The summed E-state index contributed by atoms with van der Waals surface area (Å²) in [5, 5.41) is 0. The molecule has 0 aliphatic carbocycles. The molecule has 0 radical (unpaired) electrons. The van der Waals surface area contributed by atoms with Crippen molar-refractivity contribution in [1.82, 2.24) is 3.11 Å². The first-order chi connectivity index (χ1) is 3.39. The lowest BCUT2D eigenvalue weighted by Crippen LogP contribution is -2.22. The quantitative estimate of drug-likeness (QED) is 0.325. The molecule has 0 unspecified atom stereocenters. The van der Waals surface area contributed by atoms with E-state index in [0.29, 0.717) is 0 Å². The van der Waals surface area contributed by atoms with E-state index in [0.717, 1.165) is 0 Å². The lowest BCUT2D eigenvalue weighted by molar-refractivity contribution is 0.546. The van der Waals surface area contributed by atoms with E-state index >= 15 is 0 Å². The summed E-state index contributed by atoms with van der Waals surface area (Å²) in [5.41, 5.74) is 0. The van der Waals surface area contributed by atoms with Crippen molar-refractivity contribution in [2.75, 3.05) is 13.1 Å².